The quantitative estimate of drug-likeness (QED) is 0.319. The predicted octanol–water partition coefficient (Wildman–Crippen LogP) is 1.43. The van der Waals surface area contributed by atoms with Crippen molar-refractivity contribution in [1.29, 1.82) is 0 Å². The molecule has 10 nitrogen and oxygen atoms in total. The summed E-state index contributed by atoms with van der Waals surface area (Å²) in [4.78, 5) is 46.0. The zero-order valence-electron chi connectivity index (χ0n) is 14.7. The number of halogens is 1. The second-order valence-corrected chi connectivity index (χ2v) is 5.78. The maximum atomic E-state index is 12.0. The van der Waals surface area contributed by atoms with Crippen LogP contribution in [0.25, 0.3) is 0 Å². The van der Waals surface area contributed by atoms with Crippen molar-refractivity contribution in [3.05, 3.63) is 22.9 Å². The smallest absolute Gasteiger partial charge is 0.340 e. The summed E-state index contributed by atoms with van der Waals surface area (Å²) in [7, 11) is 1.70. The van der Waals surface area contributed by atoms with Gasteiger partial charge in [0.1, 0.15) is 5.69 Å². The summed E-state index contributed by atoms with van der Waals surface area (Å²) in [6.07, 6.45) is 2.44. The summed E-state index contributed by atoms with van der Waals surface area (Å²) >= 11 is 5.44. The highest BCUT2D eigenvalue weighted by molar-refractivity contribution is 6.18. The van der Waals surface area contributed by atoms with Crippen LogP contribution in [0.1, 0.15) is 30.3 Å². The number of carbonyl (C=O) groups is 3. The molecule has 0 spiro atoms. The van der Waals surface area contributed by atoms with Gasteiger partial charge >= 0.3 is 6.03 Å². The number of hydrogen-bond donors (Lipinski definition) is 3. The monoisotopic (exact) mass is 386 g/mol. The number of alkyl halides is 1. The van der Waals surface area contributed by atoms with Gasteiger partial charge in [-0.1, -0.05) is 6.92 Å². The van der Waals surface area contributed by atoms with Crippen molar-refractivity contribution in [2.24, 2.45) is 12.3 Å². The Morgan fingerprint density at radius 2 is 2.00 bits per heavy atom. The number of hydrogen-bond acceptors (Lipinski definition) is 5. The lowest BCUT2D eigenvalue weighted by molar-refractivity contribution is -0.116. The minimum absolute atomic E-state index is 0.00836. The van der Waals surface area contributed by atoms with Crippen LogP contribution in [0.3, 0.4) is 0 Å². The zero-order valence-corrected chi connectivity index (χ0v) is 15.5. The summed E-state index contributed by atoms with van der Waals surface area (Å²) < 4.78 is 1.61. The van der Waals surface area contributed by atoms with Crippen LogP contribution < -0.4 is 16.0 Å². The molecule has 1 heterocycles. The molecule has 0 saturated carbocycles. The Kier molecular flexibility index (Phi) is 9.13. The van der Waals surface area contributed by atoms with Crippen LogP contribution in [0.2, 0.25) is 0 Å². The van der Waals surface area contributed by atoms with Crippen LogP contribution in [0.4, 0.5) is 10.5 Å². The molecule has 0 fully saturated rings. The number of nitrogens with zero attached hydrogens (tertiary/aromatic N) is 3. The number of amides is 4. The Morgan fingerprint density at radius 1 is 1.27 bits per heavy atom. The third kappa shape index (κ3) is 6.71. The number of rotatable bonds is 10. The molecular weight excluding hydrogens is 364 g/mol. The van der Waals surface area contributed by atoms with Crippen molar-refractivity contribution in [3.63, 3.8) is 0 Å². The van der Waals surface area contributed by atoms with E-state index in [0.29, 0.717) is 22.9 Å². The molecule has 26 heavy (non-hydrogen) atoms. The number of aryl methyl sites for hydroxylation is 1. The minimum Gasteiger partial charge on any atom is -0.351 e. The van der Waals surface area contributed by atoms with Crippen LogP contribution in [-0.2, 0) is 11.8 Å². The predicted molar refractivity (Wildman–Crippen MR) is 97.9 cm³/mol. The fourth-order valence-corrected chi connectivity index (χ4v) is 2.21. The average molecular weight is 387 g/mol. The highest BCUT2D eigenvalue weighted by Gasteiger charge is 2.15. The van der Waals surface area contributed by atoms with Crippen molar-refractivity contribution < 1.29 is 14.4 Å². The number of aromatic nitrogens is 1. The molecule has 3 N–H and O–H groups in total. The van der Waals surface area contributed by atoms with E-state index in [1.807, 2.05) is 6.92 Å². The molecule has 0 atom stereocenters. The van der Waals surface area contributed by atoms with E-state index in [2.05, 4.69) is 21.2 Å². The molecule has 1 aromatic heterocycles. The molecule has 4 amide bonds. The van der Waals surface area contributed by atoms with Gasteiger partial charge in [-0.25, -0.2) is 4.79 Å². The van der Waals surface area contributed by atoms with Gasteiger partial charge in [0.25, 0.3) is 5.91 Å². The maximum absolute atomic E-state index is 12.0. The third-order valence-corrected chi connectivity index (χ3v) is 3.48. The van der Waals surface area contributed by atoms with Gasteiger partial charge in [-0.2, -0.15) is 5.01 Å². The van der Waals surface area contributed by atoms with Crippen LogP contribution >= 0.6 is 11.6 Å². The molecule has 0 radical (unpaired) electrons. The minimum atomic E-state index is -0.719. The number of nitroso groups, excluding NO2 is 1. The molecule has 1 aromatic rings. The van der Waals surface area contributed by atoms with Crippen molar-refractivity contribution in [3.8, 4) is 0 Å². The lowest BCUT2D eigenvalue weighted by Gasteiger charge is -2.12. The van der Waals surface area contributed by atoms with E-state index in [-0.39, 0.29) is 37.2 Å². The van der Waals surface area contributed by atoms with E-state index in [4.69, 9.17) is 11.6 Å². The highest BCUT2D eigenvalue weighted by Crippen LogP contribution is 2.13. The van der Waals surface area contributed by atoms with Crippen molar-refractivity contribution in [2.45, 2.75) is 19.8 Å². The molecule has 0 aliphatic heterocycles. The fraction of sp³-hybridized carbons (Fsp3) is 0.533. The van der Waals surface area contributed by atoms with Crippen LogP contribution in [0, 0.1) is 4.91 Å². The lowest BCUT2D eigenvalue weighted by atomic mass is 10.3. The highest BCUT2D eigenvalue weighted by atomic mass is 35.5. The van der Waals surface area contributed by atoms with Gasteiger partial charge in [-0.3, -0.25) is 9.59 Å². The average Bonchev–Trinajstić information content (AvgIpc) is 2.97. The summed E-state index contributed by atoms with van der Waals surface area (Å²) in [5, 5.41) is 11.0. The van der Waals surface area contributed by atoms with Gasteiger partial charge in [0, 0.05) is 38.6 Å². The Bertz CT molecular complexity index is 648. The standard InChI is InChI=1S/C15H23ClN6O4/c1-3-6-17-14(24)12-9-11(10-21(12)2)19-13(23)4-7-18-15(25)22(20-26)8-5-16/h9-10H,3-8H2,1-2H3,(H,17,24)(H,18,25)(H,19,23). The van der Waals surface area contributed by atoms with Crippen LogP contribution in [0.5, 0.6) is 0 Å². The van der Waals surface area contributed by atoms with E-state index >= 15 is 0 Å². The van der Waals surface area contributed by atoms with E-state index in [1.165, 1.54) is 0 Å². The molecule has 0 saturated heterocycles. The Hall–Kier alpha value is -2.62. The molecular formula is C15H23ClN6O4. The van der Waals surface area contributed by atoms with Crippen LogP contribution in [0.15, 0.2) is 17.5 Å². The van der Waals surface area contributed by atoms with Crippen molar-refractivity contribution in [2.75, 3.05) is 30.8 Å². The molecule has 0 aromatic carbocycles. The van der Waals surface area contributed by atoms with Gasteiger partial charge in [0.2, 0.25) is 5.91 Å². The summed E-state index contributed by atoms with van der Waals surface area (Å²) in [6, 6.07) is 0.850. The summed E-state index contributed by atoms with van der Waals surface area (Å²) in [5.74, 6) is -0.496. The normalized spacial score (nSPS) is 10.1. The van der Waals surface area contributed by atoms with Crippen molar-refractivity contribution >= 4 is 35.1 Å². The van der Waals surface area contributed by atoms with E-state index in [0.717, 1.165) is 6.42 Å². The van der Waals surface area contributed by atoms with Gasteiger partial charge in [-0.05, 0) is 12.5 Å². The van der Waals surface area contributed by atoms with Crippen molar-refractivity contribution in [1.82, 2.24) is 20.2 Å². The Balaban J connectivity index is 2.47. The van der Waals surface area contributed by atoms with Gasteiger partial charge in [-0.15, -0.1) is 16.5 Å². The van der Waals surface area contributed by atoms with Gasteiger partial charge in [0.15, 0.2) is 0 Å². The number of nitrogens with one attached hydrogen (secondary N) is 3. The first-order chi connectivity index (χ1) is 12.4. The number of anilines is 1. The fourth-order valence-electron chi connectivity index (χ4n) is 2.04. The second-order valence-electron chi connectivity index (χ2n) is 5.40. The topological polar surface area (TPSA) is 125 Å². The molecule has 0 bridgehead atoms. The Labute approximate surface area is 156 Å². The third-order valence-electron chi connectivity index (χ3n) is 3.31. The summed E-state index contributed by atoms with van der Waals surface area (Å²) in [5.41, 5.74) is 0.902. The largest absolute Gasteiger partial charge is 0.351 e. The number of carbonyl (C=O) groups excluding carboxylic acids is 3. The molecule has 144 valence electrons. The number of urea groups is 1. The Morgan fingerprint density at radius 3 is 2.62 bits per heavy atom. The molecule has 0 aliphatic carbocycles. The maximum Gasteiger partial charge on any atom is 0.340 e. The van der Waals surface area contributed by atoms with Crippen LogP contribution in [-0.4, -0.2) is 52.9 Å². The lowest BCUT2D eigenvalue weighted by Crippen LogP contribution is -2.38. The molecule has 0 unspecified atom stereocenters. The first kappa shape index (κ1) is 21.4. The van der Waals surface area contributed by atoms with E-state index in [9.17, 15) is 19.3 Å². The first-order valence-corrected chi connectivity index (χ1v) is 8.65. The molecule has 11 heteroatoms. The zero-order chi connectivity index (χ0) is 19.5. The van der Waals surface area contributed by atoms with E-state index < -0.39 is 6.03 Å². The second kappa shape index (κ2) is 11.1. The molecule has 0 aliphatic rings. The summed E-state index contributed by atoms with van der Waals surface area (Å²) in [6.45, 7) is 2.53. The SMILES string of the molecule is CCCNC(=O)c1cc(NC(=O)CCNC(=O)N(CCCl)N=O)cn1C. The first-order valence-electron chi connectivity index (χ1n) is 8.11. The van der Waals surface area contributed by atoms with Gasteiger partial charge in [0.05, 0.1) is 17.5 Å². The van der Waals surface area contributed by atoms with Gasteiger partial charge < -0.3 is 20.5 Å². The molecule has 1 rings (SSSR count). The van der Waals surface area contributed by atoms with E-state index in [1.54, 1.807) is 23.9 Å².